The van der Waals surface area contributed by atoms with Crippen molar-refractivity contribution in [2.45, 2.75) is 38.3 Å². The van der Waals surface area contributed by atoms with Gasteiger partial charge in [0.2, 0.25) is 0 Å². The summed E-state index contributed by atoms with van der Waals surface area (Å²) >= 11 is 6.32. The maximum absolute atomic E-state index is 12.7. The fourth-order valence-electron chi connectivity index (χ4n) is 2.99. The molecule has 0 radical (unpaired) electrons. The molecular formula is C17H18ClN3O2. The van der Waals surface area contributed by atoms with Crippen LogP contribution < -0.4 is 4.74 Å². The van der Waals surface area contributed by atoms with E-state index in [0.29, 0.717) is 29.8 Å². The van der Waals surface area contributed by atoms with E-state index in [1.165, 1.54) is 6.42 Å². The quantitative estimate of drug-likeness (QED) is 0.939. The highest BCUT2D eigenvalue weighted by molar-refractivity contribution is 6.34. The van der Waals surface area contributed by atoms with Crippen LogP contribution in [-0.2, 0) is 13.0 Å². The highest BCUT2D eigenvalue weighted by atomic mass is 35.5. The number of benzene rings is 1. The Morgan fingerprint density at radius 2 is 2.26 bits per heavy atom. The lowest BCUT2D eigenvalue weighted by atomic mass is 9.96. The van der Waals surface area contributed by atoms with Crippen molar-refractivity contribution in [3.63, 3.8) is 0 Å². The van der Waals surface area contributed by atoms with Crippen molar-refractivity contribution in [2.75, 3.05) is 6.54 Å². The Labute approximate surface area is 139 Å². The molecule has 120 valence electrons. The first kappa shape index (κ1) is 14.6. The molecule has 2 heterocycles. The van der Waals surface area contributed by atoms with E-state index < -0.39 is 0 Å². The van der Waals surface area contributed by atoms with Gasteiger partial charge in [0, 0.05) is 30.8 Å². The third-order valence-electron chi connectivity index (χ3n) is 4.61. The summed E-state index contributed by atoms with van der Waals surface area (Å²) in [5.74, 6) is 0.698. The molecule has 6 heteroatoms. The molecule has 1 saturated carbocycles. The molecule has 2 aliphatic rings. The predicted molar refractivity (Wildman–Crippen MR) is 86.8 cm³/mol. The molecule has 23 heavy (non-hydrogen) atoms. The van der Waals surface area contributed by atoms with Crippen molar-refractivity contribution >= 4 is 17.5 Å². The highest BCUT2D eigenvalue weighted by Crippen LogP contribution is 2.29. The topological polar surface area (TPSA) is 58.2 Å². The molecule has 4 rings (SSSR count). The summed E-state index contributed by atoms with van der Waals surface area (Å²) in [6, 6.07) is 5.36. The molecule has 1 fully saturated rings. The van der Waals surface area contributed by atoms with Gasteiger partial charge in [-0.3, -0.25) is 9.89 Å². The zero-order valence-corrected chi connectivity index (χ0v) is 13.5. The largest absolute Gasteiger partial charge is 0.490 e. The lowest BCUT2D eigenvalue weighted by Gasteiger charge is -2.28. The van der Waals surface area contributed by atoms with Crippen LogP contribution in [0.1, 0.15) is 40.9 Å². The Morgan fingerprint density at radius 1 is 1.39 bits per heavy atom. The van der Waals surface area contributed by atoms with E-state index in [2.05, 4.69) is 10.2 Å². The van der Waals surface area contributed by atoms with E-state index in [-0.39, 0.29) is 5.91 Å². The number of carbonyl (C=O) groups excluding carboxylic acids is 1. The number of hydrogen-bond donors (Lipinski definition) is 1. The summed E-state index contributed by atoms with van der Waals surface area (Å²) < 4.78 is 5.83. The van der Waals surface area contributed by atoms with E-state index in [4.69, 9.17) is 16.3 Å². The Kier molecular flexibility index (Phi) is 3.73. The van der Waals surface area contributed by atoms with Gasteiger partial charge in [0.15, 0.2) is 0 Å². The van der Waals surface area contributed by atoms with Crippen LogP contribution in [0.5, 0.6) is 5.75 Å². The molecule has 0 atom stereocenters. The van der Waals surface area contributed by atoms with Crippen LogP contribution in [0.2, 0.25) is 5.02 Å². The van der Waals surface area contributed by atoms with Crippen LogP contribution in [0.3, 0.4) is 0 Å². The SMILES string of the molecule is O=C(c1ccc(OC2CCC2)cc1Cl)N1CCc2[nH]ncc2C1. The molecule has 1 N–H and O–H groups in total. The molecule has 0 bridgehead atoms. The van der Waals surface area contributed by atoms with Crippen LogP contribution in [0.25, 0.3) is 0 Å². The Hall–Kier alpha value is -2.01. The second-order valence-corrected chi connectivity index (χ2v) is 6.57. The molecule has 0 saturated heterocycles. The number of aromatic amines is 1. The fourth-order valence-corrected chi connectivity index (χ4v) is 3.24. The second kappa shape index (κ2) is 5.89. The third-order valence-corrected chi connectivity index (χ3v) is 4.93. The van der Waals surface area contributed by atoms with Gasteiger partial charge in [-0.1, -0.05) is 11.6 Å². The average Bonchev–Trinajstić information content (AvgIpc) is 2.98. The smallest absolute Gasteiger partial charge is 0.255 e. The molecule has 2 aromatic rings. The summed E-state index contributed by atoms with van der Waals surface area (Å²) in [6.07, 6.45) is 6.29. The van der Waals surface area contributed by atoms with Crippen LogP contribution in [0, 0.1) is 0 Å². The number of ether oxygens (including phenoxy) is 1. The Balaban J connectivity index is 1.50. The van der Waals surface area contributed by atoms with Gasteiger partial charge in [0.05, 0.1) is 22.9 Å². The summed E-state index contributed by atoms with van der Waals surface area (Å²) in [5, 5.41) is 7.46. The van der Waals surface area contributed by atoms with Crippen LogP contribution in [0.15, 0.2) is 24.4 Å². The van der Waals surface area contributed by atoms with Crippen molar-refractivity contribution in [3.05, 3.63) is 46.2 Å². The normalized spacial score (nSPS) is 17.5. The Bertz CT molecular complexity index is 739. The van der Waals surface area contributed by atoms with Gasteiger partial charge in [-0.2, -0.15) is 5.10 Å². The molecule has 1 amide bonds. The van der Waals surface area contributed by atoms with Crippen molar-refractivity contribution in [1.82, 2.24) is 15.1 Å². The number of nitrogens with zero attached hydrogens (tertiary/aromatic N) is 2. The van der Waals surface area contributed by atoms with Crippen molar-refractivity contribution < 1.29 is 9.53 Å². The minimum absolute atomic E-state index is 0.0444. The van der Waals surface area contributed by atoms with E-state index in [1.807, 2.05) is 11.0 Å². The first-order chi connectivity index (χ1) is 11.2. The molecule has 1 aromatic carbocycles. The number of amides is 1. The number of rotatable bonds is 3. The highest BCUT2D eigenvalue weighted by Gasteiger charge is 2.25. The summed E-state index contributed by atoms with van der Waals surface area (Å²) in [6.45, 7) is 1.24. The minimum atomic E-state index is -0.0444. The van der Waals surface area contributed by atoms with Gasteiger partial charge >= 0.3 is 0 Å². The van der Waals surface area contributed by atoms with Crippen LogP contribution >= 0.6 is 11.6 Å². The number of hydrogen-bond acceptors (Lipinski definition) is 3. The number of aromatic nitrogens is 2. The average molecular weight is 332 g/mol. The van der Waals surface area contributed by atoms with Gasteiger partial charge in [-0.15, -0.1) is 0 Å². The van der Waals surface area contributed by atoms with Crippen molar-refractivity contribution in [1.29, 1.82) is 0 Å². The molecule has 1 aromatic heterocycles. The number of carbonyl (C=O) groups is 1. The zero-order chi connectivity index (χ0) is 15.8. The van der Waals surface area contributed by atoms with Crippen molar-refractivity contribution in [2.24, 2.45) is 0 Å². The third kappa shape index (κ3) is 2.81. The number of fused-ring (bicyclic) bond motifs is 1. The minimum Gasteiger partial charge on any atom is -0.490 e. The zero-order valence-electron chi connectivity index (χ0n) is 12.7. The molecule has 5 nitrogen and oxygen atoms in total. The van der Waals surface area contributed by atoms with Gasteiger partial charge in [-0.05, 0) is 37.5 Å². The molecule has 1 aliphatic carbocycles. The summed E-state index contributed by atoms with van der Waals surface area (Å²) in [4.78, 5) is 14.5. The summed E-state index contributed by atoms with van der Waals surface area (Å²) in [7, 11) is 0. The monoisotopic (exact) mass is 331 g/mol. The molecular weight excluding hydrogens is 314 g/mol. The number of halogens is 1. The van der Waals surface area contributed by atoms with E-state index in [1.54, 1.807) is 18.3 Å². The standard InChI is InChI=1S/C17H18ClN3O2/c18-15-8-13(23-12-2-1-3-12)4-5-14(15)17(22)21-7-6-16-11(10-21)9-19-20-16/h4-5,8-9,12H,1-3,6-7,10H2,(H,19,20). The number of nitrogens with one attached hydrogen (secondary N) is 1. The van der Waals surface area contributed by atoms with Crippen molar-refractivity contribution in [3.8, 4) is 5.75 Å². The van der Waals surface area contributed by atoms with Gasteiger partial charge in [0.25, 0.3) is 5.91 Å². The van der Waals surface area contributed by atoms with E-state index in [0.717, 1.165) is 36.3 Å². The second-order valence-electron chi connectivity index (χ2n) is 6.16. The molecule has 0 unspecified atom stereocenters. The van der Waals surface area contributed by atoms with Gasteiger partial charge in [-0.25, -0.2) is 0 Å². The number of H-pyrrole nitrogens is 1. The molecule has 0 spiro atoms. The van der Waals surface area contributed by atoms with E-state index >= 15 is 0 Å². The predicted octanol–water partition coefficient (Wildman–Crippen LogP) is 3.19. The first-order valence-electron chi connectivity index (χ1n) is 7.97. The lowest BCUT2D eigenvalue weighted by molar-refractivity contribution is 0.0734. The van der Waals surface area contributed by atoms with Crippen LogP contribution in [-0.4, -0.2) is 33.7 Å². The van der Waals surface area contributed by atoms with Gasteiger partial charge in [0.1, 0.15) is 5.75 Å². The van der Waals surface area contributed by atoms with Gasteiger partial charge < -0.3 is 9.64 Å². The first-order valence-corrected chi connectivity index (χ1v) is 8.35. The lowest BCUT2D eigenvalue weighted by Crippen LogP contribution is -2.35. The molecule has 1 aliphatic heterocycles. The maximum Gasteiger partial charge on any atom is 0.255 e. The Morgan fingerprint density at radius 3 is 3.00 bits per heavy atom. The fraction of sp³-hybridized carbons (Fsp3) is 0.412. The van der Waals surface area contributed by atoms with Crippen LogP contribution in [0.4, 0.5) is 0 Å². The van der Waals surface area contributed by atoms with E-state index in [9.17, 15) is 4.79 Å². The summed E-state index contributed by atoms with van der Waals surface area (Å²) in [5.41, 5.74) is 2.72. The maximum atomic E-state index is 12.7.